The molecule has 156 valence electrons. The fourth-order valence-corrected chi connectivity index (χ4v) is 4.23. The zero-order valence-electron chi connectivity index (χ0n) is 16.4. The van der Waals surface area contributed by atoms with Crippen molar-refractivity contribution >= 4 is 61.3 Å². The van der Waals surface area contributed by atoms with Gasteiger partial charge in [-0.15, -0.1) is 11.6 Å². The summed E-state index contributed by atoms with van der Waals surface area (Å²) in [7, 11) is 0. The molecular weight excluding hydrogens is 432 g/mol. The van der Waals surface area contributed by atoms with Gasteiger partial charge in [0.1, 0.15) is 5.00 Å². The minimum Gasteiger partial charge on any atom is -0.364 e. The molecule has 8 heteroatoms. The third-order valence-electron chi connectivity index (χ3n) is 4.69. The average molecular weight is 451 g/mol. The molecule has 6 nitrogen and oxygen atoms in total. The van der Waals surface area contributed by atoms with Crippen molar-refractivity contribution in [1.29, 1.82) is 0 Å². The highest BCUT2D eigenvalue weighted by atomic mass is 35.5. The molecule has 0 saturated carbocycles. The topological polar surface area (TPSA) is 97.1 Å². The molecule has 0 aliphatic rings. The number of rotatable bonds is 7. The van der Waals surface area contributed by atoms with Gasteiger partial charge in [0.15, 0.2) is 10.8 Å². The molecule has 4 N–H and O–H groups in total. The number of carbonyl (C=O) groups excluding carboxylic acids is 2. The van der Waals surface area contributed by atoms with Crippen molar-refractivity contribution in [2.45, 2.75) is 6.42 Å². The summed E-state index contributed by atoms with van der Waals surface area (Å²) in [6.07, 6.45) is 0.730. The van der Waals surface area contributed by atoms with Crippen LogP contribution in [0, 0.1) is 0 Å². The first-order valence-electron chi connectivity index (χ1n) is 9.56. The first-order chi connectivity index (χ1) is 15.0. The maximum atomic E-state index is 12.6. The predicted octanol–water partition coefficient (Wildman–Crippen LogP) is 5.17. The number of amides is 2. The van der Waals surface area contributed by atoms with Crippen LogP contribution < -0.4 is 16.4 Å². The number of nitrogens with two attached hydrogens (primary N) is 1. The van der Waals surface area contributed by atoms with Crippen molar-refractivity contribution in [2.24, 2.45) is 5.73 Å². The molecule has 0 radical (unpaired) electrons. The summed E-state index contributed by atoms with van der Waals surface area (Å²) in [4.78, 5) is 28.8. The highest BCUT2D eigenvalue weighted by Gasteiger charge is 2.19. The molecule has 0 aliphatic heterocycles. The number of primary amides is 1. The quantitative estimate of drug-likeness (QED) is 0.338. The van der Waals surface area contributed by atoms with Crippen molar-refractivity contribution in [3.63, 3.8) is 0 Å². The van der Waals surface area contributed by atoms with Gasteiger partial charge < -0.3 is 16.4 Å². The predicted molar refractivity (Wildman–Crippen MR) is 127 cm³/mol. The monoisotopic (exact) mass is 450 g/mol. The van der Waals surface area contributed by atoms with Gasteiger partial charge in [0.2, 0.25) is 0 Å². The molecule has 0 bridgehead atoms. The number of aryl methyl sites for hydroxylation is 1. The Morgan fingerprint density at radius 1 is 1.00 bits per heavy atom. The van der Waals surface area contributed by atoms with Gasteiger partial charge in [-0.1, -0.05) is 53.8 Å². The number of halogens is 1. The first kappa shape index (κ1) is 20.8. The number of fused-ring (bicyclic) bond motifs is 1. The van der Waals surface area contributed by atoms with E-state index >= 15 is 0 Å². The molecule has 0 fully saturated rings. The molecule has 0 aliphatic carbocycles. The van der Waals surface area contributed by atoms with Crippen LogP contribution in [0.3, 0.4) is 0 Å². The molecule has 0 unspecified atom stereocenters. The van der Waals surface area contributed by atoms with Crippen LogP contribution in [0.15, 0.2) is 66.7 Å². The van der Waals surface area contributed by atoms with E-state index in [0.29, 0.717) is 21.6 Å². The Kier molecular flexibility index (Phi) is 6.16. The Hall–Kier alpha value is -3.42. The van der Waals surface area contributed by atoms with E-state index in [0.717, 1.165) is 39.8 Å². The van der Waals surface area contributed by atoms with E-state index in [2.05, 4.69) is 15.6 Å². The number of alkyl halides is 1. The fraction of sp³-hybridized carbons (Fsp3) is 0.0870. The molecule has 2 amide bonds. The molecule has 0 spiro atoms. The highest BCUT2D eigenvalue weighted by Crippen LogP contribution is 2.31. The second-order valence-corrected chi connectivity index (χ2v) is 8.21. The number of hydrogen-bond donors (Lipinski definition) is 3. The van der Waals surface area contributed by atoms with Crippen LogP contribution in [-0.2, 0) is 6.42 Å². The number of hydrogen-bond acceptors (Lipinski definition) is 5. The van der Waals surface area contributed by atoms with E-state index in [1.807, 2.05) is 54.6 Å². The SMILES string of the molecule is NC(=O)c1nc(Nc2ccc3ccccc3c2)sc1NC(=O)c1ccc(CCCl)cc1. The van der Waals surface area contributed by atoms with Gasteiger partial charge in [0.05, 0.1) is 0 Å². The lowest BCUT2D eigenvalue weighted by molar-refractivity contribution is 0.0997. The van der Waals surface area contributed by atoms with Crippen LogP contribution >= 0.6 is 22.9 Å². The van der Waals surface area contributed by atoms with Crippen molar-refractivity contribution < 1.29 is 9.59 Å². The molecule has 4 aromatic rings. The van der Waals surface area contributed by atoms with Crippen LogP contribution in [-0.4, -0.2) is 22.7 Å². The second kappa shape index (κ2) is 9.16. The van der Waals surface area contributed by atoms with Crippen LogP contribution in [0.1, 0.15) is 26.4 Å². The summed E-state index contributed by atoms with van der Waals surface area (Å²) in [5.41, 5.74) is 7.82. The largest absolute Gasteiger partial charge is 0.364 e. The number of aromatic nitrogens is 1. The van der Waals surface area contributed by atoms with Crippen molar-refractivity contribution in [2.75, 3.05) is 16.5 Å². The molecule has 1 aromatic heterocycles. The van der Waals surface area contributed by atoms with Gasteiger partial charge in [-0.2, -0.15) is 0 Å². The zero-order valence-corrected chi connectivity index (χ0v) is 18.0. The van der Waals surface area contributed by atoms with Gasteiger partial charge in [-0.3, -0.25) is 9.59 Å². The molecule has 4 rings (SSSR count). The molecule has 0 atom stereocenters. The van der Waals surface area contributed by atoms with Crippen LogP contribution in [0.25, 0.3) is 10.8 Å². The maximum absolute atomic E-state index is 12.6. The number of thiazole rings is 1. The van der Waals surface area contributed by atoms with E-state index in [1.54, 1.807) is 12.1 Å². The molecule has 31 heavy (non-hydrogen) atoms. The van der Waals surface area contributed by atoms with E-state index in [9.17, 15) is 9.59 Å². The van der Waals surface area contributed by atoms with Crippen molar-refractivity contribution in [3.8, 4) is 0 Å². The fourth-order valence-electron chi connectivity index (χ4n) is 3.12. The number of anilines is 3. The van der Waals surface area contributed by atoms with Crippen LogP contribution in [0.5, 0.6) is 0 Å². The van der Waals surface area contributed by atoms with Gasteiger partial charge >= 0.3 is 0 Å². The van der Waals surface area contributed by atoms with E-state index in [4.69, 9.17) is 17.3 Å². The molecule has 3 aromatic carbocycles. The Morgan fingerprint density at radius 2 is 1.74 bits per heavy atom. The van der Waals surface area contributed by atoms with Gasteiger partial charge in [-0.05, 0) is 47.0 Å². The number of nitrogens with zero attached hydrogens (tertiary/aromatic N) is 1. The molecular formula is C23H19ClN4O2S. The highest BCUT2D eigenvalue weighted by molar-refractivity contribution is 7.20. The Balaban J connectivity index is 1.55. The van der Waals surface area contributed by atoms with E-state index in [1.165, 1.54) is 0 Å². The normalized spacial score (nSPS) is 10.7. The maximum Gasteiger partial charge on any atom is 0.270 e. The summed E-state index contributed by atoms with van der Waals surface area (Å²) in [5, 5.41) is 8.87. The summed E-state index contributed by atoms with van der Waals surface area (Å²) in [6, 6.07) is 21.0. The third kappa shape index (κ3) is 4.84. The summed E-state index contributed by atoms with van der Waals surface area (Å²) < 4.78 is 0. The zero-order chi connectivity index (χ0) is 21.8. The molecule has 0 saturated heterocycles. The lowest BCUT2D eigenvalue weighted by atomic mass is 10.1. The second-order valence-electron chi connectivity index (χ2n) is 6.84. The van der Waals surface area contributed by atoms with E-state index < -0.39 is 5.91 Å². The average Bonchev–Trinajstić information content (AvgIpc) is 3.16. The number of carbonyl (C=O) groups is 2. The van der Waals surface area contributed by atoms with Gasteiger partial charge in [0.25, 0.3) is 11.8 Å². The standard InChI is InChI=1S/C23H19ClN4O2S/c24-12-11-14-5-7-16(8-6-14)21(30)28-22-19(20(25)29)27-23(31-22)26-18-10-9-15-3-1-2-4-17(15)13-18/h1-10,13H,11-12H2,(H2,25,29)(H,26,27)(H,28,30). The van der Waals surface area contributed by atoms with Crippen LogP contribution in [0.2, 0.25) is 0 Å². The van der Waals surface area contributed by atoms with Gasteiger partial charge in [0, 0.05) is 17.1 Å². The summed E-state index contributed by atoms with van der Waals surface area (Å²) >= 11 is 6.90. The van der Waals surface area contributed by atoms with E-state index in [-0.39, 0.29) is 11.6 Å². The Bertz CT molecular complexity index is 1250. The first-order valence-corrected chi connectivity index (χ1v) is 10.9. The van der Waals surface area contributed by atoms with Gasteiger partial charge in [-0.25, -0.2) is 4.98 Å². The minimum absolute atomic E-state index is 0.0143. The van der Waals surface area contributed by atoms with Crippen molar-refractivity contribution in [3.05, 3.63) is 83.6 Å². The van der Waals surface area contributed by atoms with Crippen LogP contribution in [0.4, 0.5) is 15.8 Å². The van der Waals surface area contributed by atoms with Crippen molar-refractivity contribution in [1.82, 2.24) is 4.98 Å². The Labute approximate surface area is 188 Å². The minimum atomic E-state index is -0.712. The number of benzene rings is 3. The summed E-state index contributed by atoms with van der Waals surface area (Å²) in [5.74, 6) is -0.544. The smallest absolute Gasteiger partial charge is 0.270 e. The molecule has 1 heterocycles. The lowest BCUT2D eigenvalue weighted by Gasteiger charge is -2.05. The third-order valence-corrected chi connectivity index (χ3v) is 5.76. The summed E-state index contributed by atoms with van der Waals surface area (Å²) in [6.45, 7) is 0. The lowest BCUT2D eigenvalue weighted by Crippen LogP contribution is -2.17. The number of nitrogens with one attached hydrogen (secondary N) is 2. The Morgan fingerprint density at radius 3 is 2.45 bits per heavy atom.